The van der Waals surface area contributed by atoms with Crippen molar-refractivity contribution in [2.75, 3.05) is 33.2 Å². The molecule has 2 rings (SSSR count). The molecular formula is C11H22N2. The molecule has 0 aromatic rings. The van der Waals surface area contributed by atoms with Gasteiger partial charge in [-0.05, 0) is 64.2 Å². The summed E-state index contributed by atoms with van der Waals surface area (Å²) in [5.41, 5.74) is 0. The van der Waals surface area contributed by atoms with E-state index in [0.717, 1.165) is 11.8 Å². The predicted octanol–water partition coefficient (Wildman–Crippen LogP) is 1.33. The van der Waals surface area contributed by atoms with Crippen LogP contribution in [0.5, 0.6) is 0 Å². The maximum Gasteiger partial charge on any atom is 0.000966 e. The second kappa shape index (κ2) is 4.43. The molecule has 1 saturated carbocycles. The second-order valence-corrected chi connectivity index (χ2v) is 4.75. The average molecular weight is 182 g/mol. The molecule has 0 aromatic heterocycles. The van der Waals surface area contributed by atoms with Crippen molar-refractivity contribution in [2.45, 2.75) is 25.7 Å². The number of piperidine rings is 1. The molecule has 0 bridgehead atoms. The van der Waals surface area contributed by atoms with Gasteiger partial charge in [0.05, 0.1) is 0 Å². The standard InChI is InChI=1S/C11H22N2/c1-12-8-10-4-6-13(7-5-10)9-11-2-3-11/h10-12H,2-9H2,1H3. The van der Waals surface area contributed by atoms with Crippen LogP contribution < -0.4 is 5.32 Å². The molecule has 0 amide bonds. The molecule has 1 N–H and O–H groups in total. The summed E-state index contributed by atoms with van der Waals surface area (Å²) in [6.45, 7) is 5.31. The summed E-state index contributed by atoms with van der Waals surface area (Å²) in [5, 5.41) is 3.29. The van der Waals surface area contributed by atoms with E-state index in [1.165, 1.54) is 51.9 Å². The van der Waals surface area contributed by atoms with Crippen LogP contribution in [0.25, 0.3) is 0 Å². The highest BCUT2D eigenvalue weighted by Gasteiger charge is 2.26. The van der Waals surface area contributed by atoms with Gasteiger partial charge in [-0.15, -0.1) is 0 Å². The molecule has 0 aromatic carbocycles. The highest BCUT2D eigenvalue weighted by atomic mass is 15.1. The number of nitrogens with zero attached hydrogens (tertiary/aromatic N) is 1. The van der Waals surface area contributed by atoms with Crippen molar-refractivity contribution < 1.29 is 0 Å². The SMILES string of the molecule is CNCC1CCN(CC2CC2)CC1. The first-order valence-corrected chi connectivity index (χ1v) is 5.75. The van der Waals surface area contributed by atoms with Crippen LogP contribution >= 0.6 is 0 Å². The Morgan fingerprint density at radius 1 is 1.08 bits per heavy atom. The van der Waals surface area contributed by atoms with Gasteiger partial charge in [0.25, 0.3) is 0 Å². The Labute approximate surface area is 81.7 Å². The van der Waals surface area contributed by atoms with Crippen LogP contribution in [-0.2, 0) is 0 Å². The Balaban J connectivity index is 1.63. The molecule has 0 unspecified atom stereocenters. The molecular weight excluding hydrogens is 160 g/mol. The number of rotatable bonds is 4. The number of hydrogen-bond donors (Lipinski definition) is 1. The van der Waals surface area contributed by atoms with Crippen molar-refractivity contribution in [3.8, 4) is 0 Å². The Morgan fingerprint density at radius 2 is 1.77 bits per heavy atom. The molecule has 0 spiro atoms. The van der Waals surface area contributed by atoms with E-state index < -0.39 is 0 Å². The van der Waals surface area contributed by atoms with Gasteiger partial charge in [0, 0.05) is 6.54 Å². The predicted molar refractivity (Wildman–Crippen MR) is 55.8 cm³/mol. The maximum absolute atomic E-state index is 3.29. The van der Waals surface area contributed by atoms with Crippen LogP contribution in [0.2, 0.25) is 0 Å². The summed E-state index contributed by atoms with van der Waals surface area (Å²) in [7, 11) is 2.07. The largest absolute Gasteiger partial charge is 0.319 e. The zero-order valence-electron chi connectivity index (χ0n) is 8.76. The molecule has 1 aliphatic heterocycles. The van der Waals surface area contributed by atoms with Gasteiger partial charge in [-0.2, -0.15) is 0 Å². The Hall–Kier alpha value is -0.0800. The van der Waals surface area contributed by atoms with Gasteiger partial charge in [0.1, 0.15) is 0 Å². The second-order valence-electron chi connectivity index (χ2n) is 4.75. The molecule has 0 atom stereocenters. The summed E-state index contributed by atoms with van der Waals surface area (Å²) in [5.74, 6) is 2.02. The molecule has 1 saturated heterocycles. The zero-order valence-corrected chi connectivity index (χ0v) is 8.76. The Morgan fingerprint density at radius 3 is 2.31 bits per heavy atom. The van der Waals surface area contributed by atoms with E-state index in [9.17, 15) is 0 Å². The van der Waals surface area contributed by atoms with Crippen LogP contribution in [0.4, 0.5) is 0 Å². The molecule has 76 valence electrons. The van der Waals surface area contributed by atoms with E-state index in [2.05, 4.69) is 17.3 Å². The minimum absolute atomic E-state index is 0.945. The van der Waals surface area contributed by atoms with Gasteiger partial charge in [-0.25, -0.2) is 0 Å². The average Bonchev–Trinajstić information content (AvgIpc) is 2.93. The van der Waals surface area contributed by atoms with Gasteiger partial charge in [-0.3, -0.25) is 0 Å². The van der Waals surface area contributed by atoms with Crippen LogP contribution in [0, 0.1) is 11.8 Å². The molecule has 1 heterocycles. The van der Waals surface area contributed by atoms with Crippen molar-refractivity contribution in [1.29, 1.82) is 0 Å². The van der Waals surface area contributed by atoms with Crippen molar-refractivity contribution in [3.63, 3.8) is 0 Å². The minimum atomic E-state index is 0.945. The van der Waals surface area contributed by atoms with E-state index in [1.807, 2.05) is 0 Å². The molecule has 1 aliphatic carbocycles. The fraction of sp³-hybridized carbons (Fsp3) is 1.00. The fourth-order valence-corrected chi connectivity index (χ4v) is 2.33. The molecule has 13 heavy (non-hydrogen) atoms. The Kier molecular flexibility index (Phi) is 3.23. The van der Waals surface area contributed by atoms with E-state index in [4.69, 9.17) is 0 Å². The topological polar surface area (TPSA) is 15.3 Å². The number of nitrogens with one attached hydrogen (secondary N) is 1. The van der Waals surface area contributed by atoms with Crippen LogP contribution in [0.3, 0.4) is 0 Å². The highest BCUT2D eigenvalue weighted by molar-refractivity contribution is 4.80. The van der Waals surface area contributed by atoms with Gasteiger partial charge >= 0.3 is 0 Å². The van der Waals surface area contributed by atoms with Gasteiger partial charge < -0.3 is 10.2 Å². The van der Waals surface area contributed by atoms with Crippen molar-refractivity contribution >= 4 is 0 Å². The summed E-state index contributed by atoms with van der Waals surface area (Å²) < 4.78 is 0. The first-order chi connectivity index (χ1) is 6.38. The van der Waals surface area contributed by atoms with Gasteiger partial charge in [0.2, 0.25) is 0 Å². The lowest BCUT2D eigenvalue weighted by Gasteiger charge is -2.31. The van der Waals surface area contributed by atoms with Crippen molar-refractivity contribution in [3.05, 3.63) is 0 Å². The normalized spacial score (nSPS) is 26.5. The lowest BCUT2D eigenvalue weighted by molar-refractivity contribution is 0.177. The molecule has 0 radical (unpaired) electrons. The number of likely N-dealkylation sites (tertiary alicyclic amines) is 1. The quantitative estimate of drug-likeness (QED) is 0.705. The lowest BCUT2D eigenvalue weighted by atomic mass is 9.97. The Bertz CT molecular complexity index is 146. The first-order valence-electron chi connectivity index (χ1n) is 5.75. The maximum atomic E-state index is 3.29. The fourth-order valence-electron chi connectivity index (χ4n) is 2.33. The minimum Gasteiger partial charge on any atom is -0.319 e. The lowest BCUT2D eigenvalue weighted by Crippen LogP contribution is -2.37. The third-order valence-electron chi connectivity index (χ3n) is 3.41. The third-order valence-corrected chi connectivity index (χ3v) is 3.41. The van der Waals surface area contributed by atoms with Crippen molar-refractivity contribution in [1.82, 2.24) is 10.2 Å². The van der Waals surface area contributed by atoms with E-state index >= 15 is 0 Å². The van der Waals surface area contributed by atoms with Crippen LogP contribution in [-0.4, -0.2) is 38.1 Å². The monoisotopic (exact) mass is 182 g/mol. The molecule has 2 aliphatic rings. The van der Waals surface area contributed by atoms with E-state index in [-0.39, 0.29) is 0 Å². The van der Waals surface area contributed by atoms with Crippen molar-refractivity contribution in [2.24, 2.45) is 11.8 Å². The van der Waals surface area contributed by atoms with E-state index in [0.29, 0.717) is 0 Å². The van der Waals surface area contributed by atoms with E-state index in [1.54, 1.807) is 0 Å². The zero-order chi connectivity index (χ0) is 9.10. The smallest absolute Gasteiger partial charge is 0.000966 e. The summed E-state index contributed by atoms with van der Waals surface area (Å²) in [6.07, 6.45) is 5.81. The molecule has 2 fully saturated rings. The van der Waals surface area contributed by atoms with Crippen LogP contribution in [0.15, 0.2) is 0 Å². The summed E-state index contributed by atoms with van der Waals surface area (Å²) in [6, 6.07) is 0. The highest BCUT2D eigenvalue weighted by Crippen LogP contribution is 2.30. The van der Waals surface area contributed by atoms with Crippen LogP contribution in [0.1, 0.15) is 25.7 Å². The van der Waals surface area contributed by atoms with Gasteiger partial charge in [-0.1, -0.05) is 0 Å². The summed E-state index contributed by atoms with van der Waals surface area (Å²) in [4.78, 5) is 2.67. The van der Waals surface area contributed by atoms with Gasteiger partial charge in [0.15, 0.2) is 0 Å². The first kappa shape index (κ1) is 9.47. The summed E-state index contributed by atoms with van der Waals surface area (Å²) >= 11 is 0. The molecule has 2 nitrogen and oxygen atoms in total. The molecule has 2 heteroatoms. The third kappa shape index (κ3) is 2.96. The number of hydrogen-bond acceptors (Lipinski definition) is 2.